The van der Waals surface area contributed by atoms with Crippen molar-refractivity contribution in [3.05, 3.63) is 59.9 Å². The van der Waals surface area contributed by atoms with E-state index in [2.05, 4.69) is 4.98 Å². The zero-order valence-corrected chi connectivity index (χ0v) is 14.3. The number of hydrogen-bond acceptors (Lipinski definition) is 4. The fourth-order valence-corrected chi connectivity index (χ4v) is 2.47. The van der Waals surface area contributed by atoms with Crippen LogP contribution in [-0.2, 0) is 22.6 Å². The second kappa shape index (κ2) is 8.45. The average Bonchev–Trinajstić information content (AvgIpc) is 2.56. The number of aromatic hydroxyl groups is 1. The second-order valence-corrected chi connectivity index (χ2v) is 6.04. The van der Waals surface area contributed by atoms with E-state index in [9.17, 15) is 9.90 Å². The normalized spacial score (nSPS) is 12.2. The first-order valence-corrected chi connectivity index (χ1v) is 8.06. The number of benzene rings is 1. The van der Waals surface area contributed by atoms with Crippen molar-refractivity contribution < 1.29 is 14.6 Å². The van der Waals surface area contributed by atoms with Crippen LogP contribution in [0.3, 0.4) is 0 Å². The number of ether oxygens (including phenoxy) is 1. The van der Waals surface area contributed by atoms with Gasteiger partial charge < -0.3 is 14.7 Å². The molecule has 1 N–H and O–H groups in total. The van der Waals surface area contributed by atoms with Crippen LogP contribution in [0.2, 0.25) is 0 Å². The molecule has 0 saturated carbocycles. The van der Waals surface area contributed by atoms with E-state index in [1.165, 1.54) is 0 Å². The van der Waals surface area contributed by atoms with E-state index in [0.29, 0.717) is 13.1 Å². The largest absolute Gasteiger partial charge is 0.508 e. The minimum absolute atomic E-state index is 0.0135. The maximum absolute atomic E-state index is 12.8. The number of phenolic OH excluding ortho intramolecular Hbond substituents is 1. The third kappa shape index (κ3) is 5.35. The fraction of sp³-hybridized carbons (Fsp3) is 0.368. The lowest BCUT2D eigenvalue weighted by atomic mass is 10.1. The van der Waals surface area contributed by atoms with Gasteiger partial charge in [0.2, 0.25) is 0 Å². The molecule has 128 valence electrons. The van der Waals surface area contributed by atoms with Gasteiger partial charge in [-0.15, -0.1) is 0 Å². The van der Waals surface area contributed by atoms with Gasteiger partial charge >= 0.3 is 0 Å². The Hall–Kier alpha value is -2.40. The van der Waals surface area contributed by atoms with Crippen molar-refractivity contribution in [3.63, 3.8) is 0 Å². The molecule has 1 aromatic carbocycles. The van der Waals surface area contributed by atoms with E-state index in [4.69, 9.17) is 4.74 Å². The molecule has 2 rings (SSSR count). The van der Waals surface area contributed by atoms with E-state index < -0.39 is 6.10 Å². The van der Waals surface area contributed by atoms with Crippen molar-refractivity contribution in [2.45, 2.75) is 46.1 Å². The number of rotatable bonds is 7. The lowest BCUT2D eigenvalue weighted by molar-refractivity contribution is -0.146. The van der Waals surface area contributed by atoms with Crippen molar-refractivity contribution in [2.75, 3.05) is 0 Å². The maximum atomic E-state index is 12.8. The van der Waals surface area contributed by atoms with Crippen LogP contribution < -0.4 is 0 Å². The predicted molar refractivity (Wildman–Crippen MR) is 92.3 cm³/mol. The maximum Gasteiger partial charge on any atom is 0.252 e. The van der Waals surface area contributed by atoms with Crippen LogP contribution in [0, 0.1) is 0 Å². The molecule has 0 radical (unpaired) electrons. The first kappa shape index (κ1) is 17.9. The SMILES string of the molecule is CC(C)O[C@H](C)C(=O)N(Cc1ccncc1)Cc1ccc(O)cc1. The van der Waals surface area contributed by atoms with Gasteiger partial charge in [-0.2, -0.15) is 0 Å². The van der Waals surface area contributed by atoms with Gasteiger partial charge in [0.15, 0.2) is 0 Å². The average molecular weight is 328 g/mol. The van der Waals surface area contributed by atoms with Crippen LogP contribution in [0.1, 0.15) is 31.9 Å². The topological polar surface area (TPSA) is 62.7 Å². The Labute approximate surface area is 142 Å². The fourth-order valence-electron chi connectivity index (χ4n) is 2.47. The number of nitrogens with zero attached hydrogens (tertiary/aromatic N) is 2. The minimum Gasteiger partial charge on any atom is -0.508 e. The Morgan fingerprint density at radius 2 is 1.58 bits per heavy atom. The van der Waals surface area contributed by atoms with Crippen molar-refractivity contribution in [1.82, 2.24) is 9.88 Å². The number of amides is 1. The molecule has 0 unspecified atom stereocenters. The lowest BCUT2D eigenvalue weighted by Gasteiger charge is -2.27. The van der Waals surface area contributed by atoms with Crippen LogP contribution in [0.4, 0.5) is 0 Å². The molecule has 0 aliphatic heterocycles. The quantitative estimate of drug-likeness (QED) is 0.848. The molecule has 1 amide bonds. The van der Waals surface area contributed by atoms with Crippen molar-refractivity contribution in [2.24, 2.45) is 0 Å². The van der Waals surface area contributed by atoms with Crippen molar-refractivity contribution in [1.29, 1.82) is 0 Å². The number of hydrogen-bond donors (Lipinski definition) is 1. The number of pyridine rings is 1. The van der Waals surface area contributed by atoms with Crippen LogP contribution in [0.5, 0.6) is 5.75 Å². The van der Waals surface area contributed by atoms with E-state index in [1.807, 2.05) is 38.1 Å². The summed E-state index contributed by atoms with van der Waals surface area (Å²) >= 11 is 0. The molecular weight excluding hydrogens is 304 g/mol. The van der Waals surface area contributed by atoms with Gasteiger partial charge in [-0.1, -0.05) is 12.1 Å². The molecule has 5 heteroatoms. The van der Waals surface area contributed by atoms with Gasteiger partial charge in [-0.3, -0.25) is 9.78 Å². The van der Waals surface area contributed by atoms with Crippen molar-refractivity contribution >= 4 is 5.91 Å². The molecule has 2 aromatic rings. The second-order valence-electron chi connectivity index (χ2n) is 6.04. The summed E-state index contributed by atoms with van der Waals surface area (Å²) in [6.45, 7) is 6.54. The highest BCUT2D eigenvalue weighted by Gasteiger charge is 2.22. The third-order valence-corrected chi connectivity index (χ3v) is 3.57. The first-order chi connectivity index (χ1) is 11.5. The molecule has 0 spiro atoms. The molecule has 0 saturated heterocycles. The Balaban J connectivity index is 2.16. The number of aromatic nitrogens is 1. The zero-order valence-electron chi connectivity index (χ0n) is 14.3. The zero-order chi connectivity index (χ0) is 17.5. The van der Waals surface area contributed by atoms with Crippen molar-refractivity contribution in [3.8, 4) is 5.75 Å². The molecule has 1 atom stereocenters. The van der Waals surface area contributed by atoms with Gasteiger partial charge in [0.1, 0.15) is 11.9 Å². The summed E-state index contributed by atoms with van der Waals surface area (Å²) in [4.78, 5) is 18.6. The molecule has 0 aliphatic carbocycles. The van der Waals surface area contributed by atoms with Crippen LogP contribution in [0.15, 0.2) is 48.8 Å². The summed E-state index contributed by atoms with van der Waals surface area (Å²) in [5, 5.41) is 9.42. The molecule has 0 aliphatic rings. The first-order valence-electron chi connectivity index (χ1n) is 8.06. The molecule has 1 aromatic heterocycles. The molecule has 0 bridgehead atoms. The Morgan fingerprint density at radius 3 is 2.12 bits per heavy atom. The Kier molecular flexibility index (Phi) is 6.32. The van der Waals surface area contributed by atoms with Gasteiger partial charge in [0.25, 0.3) is 5.91 Å². The lowest BCUT2D eigenvalue weighted by Crippen LogP contribution is -2.39. The summed E-state index contributed by atoms with van der Waals surface area (Å²) < 4.78 is 5.64. The highest BCUT2D eigenvalue weighted by Crippen LogP contribution is 2.15. The van der Waals surface area contributed by atoms with Crippen LogP contribution >= 0.6 is 0 Å². The highest BCUT2D eigenvalue weighted by atomic mass is 16.5. The monoisotopic (exact) mass is 328 g/mol. The van der Waals surface area contributed by atoms with E-state index >= 15 is 0 Å². The third-order valence-electron chi connectivity index (χ3n) is 3.57. The summed E-state index contributed by atoms with van der Waals surface area (Å²) in [5.41, 5.74) is 1.96. The summed E-state index contributed by atoms with van der Waals surface area (Å²) in [6, 6.07) is 10.7. The number of carbonyl (C=O) groups excluding carboxylic acids is 1. The predicted octanol–water partition coefficient (Wildman–Crippen LogP) is 3.13. The number of carbonyl (C=O) groups is 1. The summed E-state index contributed by atoms with van der Waals surface area (Å²) in [7, 11) is 0. The number of phenols is 1. The molecule has 1 heterocycles. The van der Waals surface area contributed by atoms with E-state index in [1.54, 1.807) is 36.4 Å². The Bertz CT molecular complexity index is 641. The molecule has 0 fully saturated rings. The van der Waals surface area contributed by atoms with Crippen LogP contribution in [0.25, 0.3) is 0 Å². The smallest absolute Gasteiger partial charge is 0.252 e. The van der Waals surface area contributed by atoms with Gasteiger partial charge in [-0.05, 0) is 56.2 Å². The van der Waals surface area contributed by atoms with Gasteiger partial charge in [0, 0.05) is 25.5 Å². The molecule has 24 heavy (non-hydrogen) atoms. The highest BCUT2D eigenvalue weighted by molar-refractivity contribution is 5.80. The Morgan fingerprint density at radius 1 is 1.04 bits per heavy atom. The van der Waals surface area contributed by atoms with E-state index in [-0.39, 0.29) is 17.8 Å². The summed E-state index contributed by atoms with van der Waals surface area (Å²) in [6.07, 6.45) is 2.91. The standard InChI is InChI=1S/C19H24N2O3/c1-14(2)24-15(3)19(23)21(13-17-8-10-20-11-9-17)12-16-4-6-18(22)7-5-16/h4-11,14-15,22H,12-13H2,1-3H3/t15-/m1/s1. The van der Waals surface area contributed by atoms with Gasteiger partial charge in [0.05, 0.1) is 6.10 Å². The molecule has 5 nitrogen and oxygen atoms in total. The minimum atomic E-state index is -0.510. The molecular formula is C19H24N2O3. The summed E-state index contributed by atoms with van der Waals surface area (Å²) in [5.74, 6) is 0.149. The van der Waals surface area contributed by atoms with Crippen LogP contribution in [-0.4, -0.2) is 33.1 Å². The van der Waals surface area contributed by atoms with E-state index in [0.717, 1.165) is 11.1 Å². The van der Waals surface area contributed by atoms with Gasteiger partial charge in [-0.25, -0.2) is 0 Å².